The van der Waals surface area contributed by atoms with Gasteiger partial charge in [0.25, 0.3) is 0 Å². The molecule has 2 heterocycles. The first-order chi connectivity index (χ1) is 8.61. The van der Waals surface area contributed by atoms with Gasteiger partial charge in [0.05, 0.1) is 0 Å². The molecule has 18 heavy (non-hydrogen) atoms. The summed E-state index contributed by atoms with van der Waals surface area (Å²) in [6.45, 7) is 2.43. The van der Waals surface area contributed by atoms with Crippen LogP contribution in [0.3, 0.4) is 0 Å². The van der Waals surface area contributed by atoms with Gasteiger partial charge in [0.15, 0.2) is 5.16 Å². The van der Waals surface area contributed by atoms with E-state index < -0.39 is 5.97 Å². The van der Waals surface area contributed by atoms with Crippen LogP contribution in [0.25, 0.3) is 0 Å². The molecule has 6 nitrogen and oxygen atoms in total. The highest BCUT2D eigenvalue weighted by molar-refractivity contribution is 7.98. The zero-order valence-corrected chi connectivity index (χ0v) is 11.2. The van der Waals surface area contributed by atoms with Gasteiger partial charge in [0.2, 0.25) is 0 Å². The second-order valence-corrected chi connectivity index (χ2v) is 5.53. The van der Waals surface area contributed by atoms with Crippen molar-refractivity contribution in [2.24, 2.45) is 0 Å². The molecule has 2 N–H and O–H groups in total. The normalized spacial score (nSPS) is 10.7. The van der Waals surface area contributed by atoms with Gasteiger partial charge in [0, 0.05) is 17.2 Å². The number of aromatic amines is 1. The van der Waals surface area contributed by atoms with Crippen LogP contribution in [0.1, 0.15) is 21.5 Å². The number of thioether (sulfide) groups is 1. The fraction of sp³-hybridized carbons (Fsp3) is 0.300. The Morgan fingerprint density at radius 3 is 3.00 bits per heavy atom. The molecule has 8 heteroatoms. The van der Waals surface area contributed by atoms with E-state index in [2.05, 4.69) is 10.2 Å². The van der Waals surface area contributed by atoms with E-state index in [-0.39, 0.29) is 5.69 Å². The molecule has 0 aromatic carbocycles. The molecule has 0 atom stereocenters. The molecular formula is C10H11N3O3S2. The van der Waals surface area contributed by atoms with E-state index in [9.17, 15) is 9.59 Å². The monoisotopic (exact) mass is 285 g/mol. The summed E-state index contributed by atoms with van der Waals surface area (Å²) in [4.78, 5) is 23.3. The zero-order chi connectivity index (χ0) is 13.1. The van der Waals surface area contributed by atoms with Crippen molar-refractivity contribution < 1.29 is 9.90 Å². The quantitative estimate of drug-likeness (QED) is 0.815. The van der Waals surface area contributed by atoms with Crippen molar-refractivity contribution in [1.82, 2.24) is 14.8 Å². The number of carboxylic acids is 1. The Bertz CT molecular complexity index is 614. The van der Waals surface area contributed by atoms with E-state index in [1.807, 2.05) is 6.92 Å². The summed E-state index contributed by atoms with van der Waals surface area (Å²) in [6, 6.07) is 3.36. The fourth-order valence-corrected chi connectivity index (χ4v) is 3.30. The molecule has 0 amide bonds. The van der Waals surface area contributed by atoms with Crippen LogP contribution in [-0.4, -0.2) is 25.8 Å². The van der Waals surface area contributed by atoms with Gasteiger partial charge in [-0.1, -0.05) is 11.8 Å². The molecule has 2 aromatic heterocycles. The van der Waals surface area contributed by atoms with Crippen molar-refractivity contribution in [3.05, 3.63) is 32.4 Å². The van der Waals surface area contributed by atoms with E-state index in [0.717, 1.165) is 4.88 Å². The number of hydrogen-bond donors (Lipinski definition) is 2. The van der Waals surface area contributed by atoms with Crippen LogP contribution >= 0.6 is 23.1 Å². The maximum absolute atomic E-state index is 11.3. The van der Waals surface area contributed by atoms with Gasteiger partial charge >= 0.3 is 11.7 Å². The summed E-state index contributed by atoms with van der Waals surface area (Å²) in [6.07, 6.45) is 0. The molecule has 0 saturated carbocycles. The summed E-state index contributed by atoms with van der Waals surface area (Å²) in [7, 11) is 0. The van der Waals surface area contributed by atoms with Crippen LogP contribution in [0, 0.1) is 0 Å². The summed E-state index contributed by atoms with van der Waals surface area (Å²) in [5, 5.41) is 15.7. The highest BCUT2D eigenvalue weighted by Gasteiger charge is 2.10. The van der Waals surface area contributed by atoms with Gasteiger partial charge in [-0.05, 0) is 19.1 Å². The first-order valence-electron chi connectivity index (χ1n) is 5.21. The van der Waals surface area contributed by atoms with Crippen LogP contribution < -0.4 is 5.69 Å². The van der Waals surface area contributed by atoms with Crippen LogP contribution in [0.15, 0.2) is 22.1 Å². The molecule has 0 aliphatic rings. The molecule has 2 aromatic rings. The molecule has 0 spiro atoms. The summed E-state index contributed by atoms with van der Waals surface area (Å²) in [5.41, 5.74) is -0.225. The minimum atomic E-state index is -0.915. The summed E-state index contributed by atoms with van der Waals surface area (Å²) < 4.78 is 1.54. The van der Waals surface area contributed by atoms with Crippen molar-refractivity contribution in [3.63, 3.8) is 0 Å². The Hall–Kier alpha value is -1.54. The van der Waals surface area contributed by atoms with Crippen LogP contribution in [-0.2, 0) is 12.3 Å². The molecule has 0 unspecified atom stereocenters. The highest BCUT2D eigenvalue weighted by Crippen LogP contribution is 2.25. The van der Waals surface area contributed by atoms with Crippen LogP contribution in [0.5, 0.6) is 0 Å². The third kappa shape index (κ3) is 2.65. The molecule has 0 aliphatic carbocycles. The third-order valence-corrected chi connectivity index (χ3v) is 4.54. The van der Waals surface area contributed by atoms with Crippen molar-refractivity contribution in [3.8, 4) is 0 Å². The maximum atomic E-state index is 11.3. The molecule has 0 saturated heterocycles. The number of aromatic carboxylic acids is 1. The average Bonchev–Trinajstić information content (AvgIpc) is 2.93. The number of thiophene rings is 1. The van der Waals surface area contributed by atoms with Gasteiger partial charge < -0.3 is 5.11 Å². The number of carbonyl (C=O) groups is 1. The number of H-pyrrole nitrogens is 1. The smallest absolute Gasteiger partial charge is 0.345 e. The van der Waals surface area contributed by atoms with E-state index in [0.29, 0.717) is 22.3 Å². The number of carboxylic acid groups (broad SMARTS) is 1. The Balaban J connectivity index is 2.06. The molecule has 0 fully saturated rings. The molecule has 2 rings (SSSR count). The lowest BCUT2D eigenvalue weighted by atomic mass is 10.4. The number of nitrogens with one attached hydrogen (secondary N) is 1. The van der Waals surface area contributed by atoms with Gasteiger partial charge in [-0.3, -0.25) is 4.57 Å². The Morgan fingerprint density at radius 1 is 1.61 bits per heavy atom. The zero-order valence-electron chi connectivity index (χ0n) is 9.54. The molecule has 0 bridgehead atoms. The lowest BCUT2D eigenvalue weighted by Crippen LogP contribution is -2.16. The van der Waals surface area contributed by atoms with Crippen molar-refractivity contribution in [2.75, 3.05) is 0 Å². The molecular weight excluding hydrogens is 274 g/mol. The van der Waals surface area contributed by atoms with Gasteiger partial charge in [0.1, 0.15) is 4.88 Å². The Kier molecular flexibility index (Phi) is 3.87. The van der Waals surface area contributed by atoms with E-state index >= 15 is 0 Å². The standard InChI is InChI=1S/C10H11N3O3S2/c1-2-13-9(16)11-12-10(13)17-5-6-3-4-7(18-6)8(14)15/h3-4H,2,5H2,1H3,(H,11,16)(H,14,15). The predicted octanol–water partition coefficient (Wildman–Crippen LogP) is 1.64. The summed E-state index contributed by atoms with van der Waals surface area (Å²) >= 11 is 2.64. The van der Waals surface area contributed by atoms with Gasteiger partial charge in [-0.25, -0.2) is 14.7 Å². The second kappa shape index (κ2) is 5.40. The molecule has 96 valence electrons. The minimum absolute atomic E-state index is 0.225. The van der Waals surface area contributed by atoms with Crippen LogP contribution in [0.2, 0.25) is 0 Å². The van der Waals surface area contributed by atoms with Crippen molar-refractivity contribution in [2.45, 2.75) is 24.4 Å². The summed E-state index contributed by atoms with van der Waals surface area (Å²) in [5.74, 6) is -0.316. The SMILES string of the molecule is CCn1c(SCc2ccc(C(=O)O)s2)n[nH]c1=O. The Morgan fingerprint density at radius 2 is 2.39 bits per heavy atom. The lowest BCUT2D eigenvalue weighted by Gasteiger charge is -2.00. The first-order valence-corrected chi connectivity index (χ1v) is 7.02. The highest BCUT2D eigenvalue weighted by atomic mass is 32.2. The molecule has 0 radical (unpaired) electrons. The maximum Gasteiger partial charge on any atom is 0.345 e. The minimum Gasteiger partial charge on any atom is -0.477 e. The number of hydrogen-bond acceptors (Lipinski definition) is 5. The van der Waals surface area contributed by atoms with Crippen LogP contribution in [0.4, 0.5) is 0 Å². The predicted molar refractivity (Wildman–Crippen MR) is 69.4 cm³/mol. The first kappa shape index (κ1) is 12.9. The van der Waals surface area contributed by atoms with Crippen molar-refractivity contribution in [1.29, 1.82) is 0 Å². The lowest BCUT2D eigenvalue weighted by molar-refractivity contribution is 0.0702. The van der Waals surface area contributed by atoms with Gasteiger partial charge in [-0.15, -0.1) is 16.4 Å². The number of aromatic nitrogens is 3. The van der Waals surface area contributed by atoms with E-state index in [4.69, 9.17) is 5.11 Å². The number of nitrogens with zero attached hydrogens (tertiary/aromatic N) is 2. The largest absolute Gasteiger partial charge is 0.477 e. The number of rotatable bonds is 5. The molecule has 0 aliphatic heterocycles. The Labute approximate surface area is 111 Å². The van der Waals surface area contributed by atoms with E-state index in [1.165, 1.54) is 27.7 Å². The van der Waals surface area contributed by atoms with E-state index in [1.54, 1.807) is 12.1 Å². The second-order valence-electron chi connectivity index (χ2n) is 3.42. The van der Waals surface area contributed by atoms with Crippen molar-refractivity contribution >= 4 is 29.1 Å². The average molecular weight is 285 g/mol. The topological polar surface area (TPSA) is 88.0 Å². The third-order valence-electron chi connectivity index (χ3n) is 2.26. The fourth-order valence-electron chi connectivity index (χ4n) is 1.40. The van der Waals surface area contributed by atoms with Gasteiger partial charge in [-0.2, -0.15) is 0 Å².